The fourth-order valence-corrected chi connectivity index (χ4v) is 3.76. The summed E-state index contributed by atoms with van der Waals surface area (Å²) in [6, 6.07) is 19.9. The van der Waals surface area contributed by atoms with Crippen molar-refractivity contribution in [2.75, 3.05) is 18.2 Å². The summed E-state index contributed by atoms with van der Waals surface area (Å²) < 4.78 is 34.0. The van der Waals surface area contributed by atoms with Crippen LogP contribution in [-0.2, 0) is 4.79 Å². The maximum absolute atomic E-state index is 13.8. The molecule has 1 amide bonds. The number of carbonyl (C=O) groups excluding carboxylic acids is 1. The summed E-state index contributed by atoms with van der Waals surface area (Å²) in [7, 11) is 1.59. The van der Waals surface area contributed by atoms with Crippen LogP contribution < -0.4 is 10.1 Å². The summed E-state index contributed by atoms with van der Waals surface area (Å²) >= 11 is 1.15. The van der Waals surface area contributed by atoms with Gasteiger partial charge in [-0.1, -0.05) is 42.1 Å². The van der Waals surface area contributed by atoms with Gasteiger partial charge < -0.3 is 10.1 Å². The summed E-state index contributed by atoms with van der Waals surface area (Å²) in [4.78, 5) is 12.4. The topological polar surface area (TPSA) is 69.0 Å². The molecule has 1 aromatic heterocycles. The molecule has 32 heavy (non-hydrogen) atoms. The van der Waals surface area contributed by atoms with Gasteiger partial charge in [-0.25, -0.2) is 8.78 Å². The molecule has 0 saturated carbocycles. The van der Waals surface area contributed by atoms with E-state index >= 15 is 0 Å². The van der Waals surface area contributed by atoms with Crippen molar-refractivity contribution in [2.45, 2.75) is 5.16 Å². The second-order valence-electron chi connectivity index (χ2n) is 6.67. The quantitative estimate of drug-likeness (QED) is 0.402. The average Bonchev–Trinajstić information content (AvgIpc) is 3.24. The van der Waals surface area contributed by atoms with E-state index in [1.54, 1.807) is 7.11 Å². The standard InChI is InChI=1S/C23H18F2N4O2S/c1-31-18-10-8-17(9-11-18)29-22(15-5-3-2-4-6-15)27-28-23(29)32-14-21(30)26-20-12-7-16(24)13-19(20)25/h2-13H,14H2,1H3,(H,26,30). The van der Waals surface area contributed by atoms with Gasteiger partial charge in [0.2, 0.25) is 5.91 Å². The number of methoxy groups -OCH3 is 1. The second-order valence-corrected chi connectivity index (χ2v) is 7.61. The molecule has 0 radical (unpaired) electrons. The van der Waals surface area contributed by atoms with Crippen LogP contribution in [0.5, 0.6) is 5.75 Å². The van der Waals surface area contributed by atoms with Crippen LogP contribution >= 0.6 is 11.8 Å². The molecule has 6 nitrogen and oxygen atoms in total. The van der Waals surface area contributed by atoms with Gasteiger partial charge >= 0.3 is 0 Å². The molecule has 9 heteroatoms. The van der Waals surface area contributed by atoms with Gasteiger partial charge in [-0.3, -0.25) is 9.36 Å². The normalized spacial score (nSPS) is 10.7. The summed E-state index contributed by atoms with van der Waals surface area (Å²) in [5.74, 6) is -0.723. The monoisotopic (exact) mass is 452 g/mol. The molecule has 3 aromatic carbocycles. The molecule has 0 atom stereocenters. The van der Waals surface area contributed by atoms with Gasteiger partial charge in [0.15, 0.2) is 11.0 Å². The molecule has 4 rings (SSSR count). The maximum atomic E-state index is 13.8. The molecule has 0 saturated heterocycles. The lowest BCUT2D eigenvalue weighted by Crippen LogP contribution is -2.15. The zero-order valence-electron chi connectivity index (χ0n) is 17.0. The molecule has 162 valence electrons. The molecule has 0 aliphatic heterocycles. The number of thioether (sulfide) groups is 1. The Morgan fingerprint density at radius 2 is 1.78 bits per heavy atom. The number of carbonyl (C=O) groups is 1. The van der Waals surface area contributed by atoms with Crippen molar-refractivity contribution in [1.82, 2.24) is 14.8 Å². The van der Waals surface area contributed by atoms with Crippen molar-refractivity contribution in [1.29, 1.82) is 0 Å². The van der Waals surface area contributed by atoms with Crippen molar-refractivity contribution in [3.05, 3.63) is 84.4 Å². The Labute approximate surface area is 187 Å². The predicted octanol–water partition coefficient (Wildman–Crippen LogP) is 4.95. The summed E-state index contributed by atoms with van der Waals surface area (Å²) in [6.45, 7) is 0. The first-order chi connectivity index (χ1) is 15.5. The number of aromatic nitrogens is 3. The van der Waals surface area contributed by atoms with E-state index in [1.165, 1.54) is 6.07 Å². The number of hydrogen-bond donors (Lipinski definition) is 1. The van der Waals surface area contributed by atoms with Crippen LogP contribution in [0.25, 0.3) is 17.1 Å². The van der Waals surface area contributed by atoms with E-state index in [4.69, 9.17) is 4.74 Å². The van der Waals surface area contributed by atoms with E-state index in [-0.39, 0.29) is 11.4 Å². The highest BCUT2D eigenvalue weighted by atomic mass is 32.2. The van der Waals surface area contributed by atoms with Crippen LogP contribution in [0.4, 0.5) is 14.5 Å². The third-order valence-electron chi connectivity index (χ3n) is 4.53. The lowest BCUT2D eigenvalue weighted by Gasteiger charge is -2.11. The highest BCUT2D eigenvalue weighted by Crippen LogP contribution is 2.29. The van der Waals surface area contributed by atoms with Crippen LogP contribution in [-0.4, -0.2) is 33.5 Å². The highest BCUT2D eigenvalue weighted by Gasteiger charge is 2.18. The molecule has 1 heterocycles. The Morgan fingerprint density at radius 3 is 2.47 bits per heavy atom. The number of anilines is 1. The van der Waals surface area contributed by atoms with Crippen molar-refractivity contribution in [2.24, 2.45) is 0 Å². The maximum Gasteiger partial charge on any atom is 0.234 e. The van der Waals surface area contributed by atoms with E-state index in [1.807, 2.05) is 59.2 Å². The van der Waals surface area contributed by atoms with E-state index in [2.05, 4.69) is 15.5 Å². The first-order valence-corrected chi connectivity index (χ1v) is 10.6. The number of amides is 1. The van der Waals surface area contributed by atoms with Crippen LogP contribution in [0.15, 0.2) is 78.0 Å². The van der Waals surface area contributed by atoms with E-state index in [9.17, 15) is 13.6 Å². The molecule has 0 aliphatic carbocycles. The molecular weight excluding hydrogens is 434 g/mol. The molecule has 4 aromatic rings. The Morgan fingerprint density at radius 1 is 1.03 bits per heavy atom. The largest absolute Gasteiger partial charge is 0.497 e. The smallest absolute Gasteiger partial charge is 0.234 e. The minimum Gasteiger partial charge on any atom is -0.497 e. The number of nitrogens with one attached hydrogen (secondary N) is 1. The number of ether oxygens (including phenoxy) is 1. The van der Waals surface area contributed by atoms with Crippen molar-refractivity contribution in [3.63, 3.8) is 0 Å². The number of rotatable bonds is 7. The summed E-state index contributed by atoms with van der Waals surface area (Å²) in [6.07, 6.45) is 0. The summed E-state index contributed by atoms with van der Waals surface area (Å²) in [5, 5.41) is 11.5. The first kappa shape index (κ1) is 21.5. The van der Waals surface area contributed by atoms with Crippen molar-refractivity contribution >= 4 is 23.4 Å². The van der Waals surface area contributed by atoms with Crippen LogP contribution in [0.3, 0.4) is 0 Å². The van der Waals surface area contributed by atoms with Gasteiger partial charge in [-0.05, 0) is 36.4 Å². The zero-order chi connectivity index (χ0) is 22.5. The minimum absolute atomic E-state index is 0.0418. The first-order valence-electron chi connectivity index (χ1n) is 9.58. The van der Waals surface area contributed by atoms with Gasteiger partial charge in [0, 0.05) is 17.3 Å². The molecule has 0 aliphatic rings. The number of halogens is 2. The van der Waals surface area contributed by atoms with E-state index in [0.717, 1.165) is 35.1 Å². The molecule has 0 bridgehead atoms. The van der Waals surface area contributed by atoms with Gasteiger partial charge in [-0.2, -0.15) is 0 Å². The molecule has 0 unspecified atom stereocenters. The van der Waals surface area contributed by atoms with Gasteiger partial charge in [0.05, 0.1) is 18.6 Å². The molecule has 0 fully saturated rings. The fraction of sp³-hybridized carbons (Fsp3) is 0.0870. The average molecular weight is 452 g/mol. The molecule has 1 N–H and O–H groups in total. The minimum atomic E-state index is -0.837. The predicted molar refractivity (Wildman–Crippen MR) is 119 cm³/mol. The Balaban J connectivity index is 1.59. The Bertz CT molecular complexity index is 1230. The lowest BCUT2D eigenvalue weighted by molar-refractivity contribution is -0.113. The third-order valence-corrected chi connectivity index (χ3v) is 5.46. The van der Waals surface area contributed by atoms with Crippen LogP contribution in [0, 0.1) is 11.6 Å². The third kappa shape index (κ3) is 4.78. The van der Waals surface area contributed by atoms with E-state index < -0.39 is 17.5 Å². The summed E-state index contributed by atoms with van der Waals surface area (Å²) in [5.41, 5.74) is 1.57. The number of nitrogens with zero attached hydrogens (tertiary/aromatic N) is 3. The van der Waals surface area contributed by atoms with Crippen molar-refractivity contribution in [3.8, 4) is 22.8 Å². The lowest BCUT2D eigenvalue weighted by atomic mass is 10.2. The second kappa shape index (κ2) is 9.61. The van der Waals surface area contributed by atoms with Crippen LogP contribution in [0.1, 0.15) is 0 Å². The molecule has 0 spiro atoms. The SMILES string of the molecule is COc1ccc(-n2c(SCC(=O)Nc3ccc(F)cc3F)nnc2-c2ccccc2)cc1. The van der Waals surface area contributed by atoms with Gasteiger partial charge in [0.25, 0.3) is 0 Å². The number of hydrogen-bond acceptors (Lipinski definition) is 5. The van der Waals surface area contributed by atoms with Gasteiger partial charge in [-0.15, -0.1) is 10.2 Å². The fourth-order valence-electron chi connectivity index (χ4n) is 3.01. The zero-order valence-corrected chi connectivity index (χ0v) is 17.8. The molecular formula is C23H18F2N4O2S. The number of benzene rings is 3. The highest BCUT2D eigenvalue weighted by molar-refractivity contribution is 7.99. The van der Waals surface area contributed by atoms with E-state index in [0.29, 0.717) is 16.7 Å². The Kier molecular flexibility index (Phi) is 6.46. The van der Waals surface area contributed by atoms with Gasteiger partial charge in [0.1, 0.15) is 17.4 Å². The Hall–Kier alpha value is -3.72. The van der Waals surface area contributed by atoms with Crippen molar-refractivity contribution < 1.29 is 18.3 Å². The van der Waals surface area contributed by atoms with Crippen LogP contribution in [0.2, 0.25) is 0 Å².